The molecule has 0 spiro atoms. The highest BCUT2D eigenvalue weighted by Gasteiger charge is 2.08. The van der Waals surface area contributed by atoms with Gasteiger partial charge in [-0.25, -0.2) is 0 Å². The van der Waals surface area contributed by atoms with Gasteiger partial charge in [-0.05, 0) is 51.4 Å². The number of hydrogen-bond donors (Lipinski definition) is 1. The lowest BCUT2D eigenvalue weighted by Gasteiger charge is -2.20. The monoisotopic (exact) mass is 484 g/mol. The minimum absolute atomic E-state index is 0.222. The fraction of sp³-hybridized carbons (Fsp3) is 0.968. The Morgan fingerprint density at radius 1 is 0.441 bits per heavy atom. The Balaban J connectivity index is 0. The molecule has 0 aliphatic carbocycles. The molecule has 0 radical (unpaired) electrons. The molecule has 206 valence electrons. The standard InChI is InChI=1S/C24H51N.C7H14O2/c1-4-7-10-13-16-19-22-25(23-20-17-14-11-8-5-2)24-21-18-15-12-9-6-3;1-2-3-4-5-6-7(8)9/h4-24H2,1-3H3;2-6H2,1H3,(H,8,9). The first kappa shape index (κ1) is 35.6. The van der Waals surface area contributed by atoms with Gasteiger partial charge in [-0.3, -0.25) is 0 Å². The summed E-state index contributed by atoms with van der Waals surface area (Å²) in [6, 6.07) is 0. The SMILES string of the molecule is CCCCCCC(=O)[O-].CCCCCCCC[NH+](CCCCCCCC)CCCCCCCC. The second kappa shape index (κ2) is 32.4. The average molecular weight is 484 g/mol. The van der Waals surface area contributed by atoms with Gasteiger partial charge < -0.3 is 14.8 Å². The van der Waals surface area contributed by atoms with Crippen molar-refractivity contribution in [2.75, 3.05) is 19.6 Å². The van der Waals surface area contributed by atoms with Crippen molar-refractivity contribution in [3.63, 3.8) is 0 Å². The Morgan fingerprint density at radius 2 is 0.706 bits per heavy atom. The van der Waals surface area contributed by atoms with Crippen molar-refractivity contribution in [1.29, 1.82) is 0 Å². The molecular formula is C31H65NO2. The molecule has 0 aromatic carbocycles. The summed E-state index contributed by atoms with van der Waals surface area (Å²) in [6.07, 6.45) is 30.3. The summed E-state index contributed by atoms with van der Waals surface area (Å²) in [5.74, 6) is -0.925. The van der Waals surface area contributed by atoms with Gasteiger partial charge in [-0.15, -0.1) is 0 Å². The summed E-state index contributed by atoms with van der Waals surface area (Å²) in [5.41, 5.74) is 0. The minimum atomic E-state index is -0.925. The summed E-state index contributed by atoms with van der Waals surface area (Å²) in [4.78, 5) is 11.8. The van der Waals surface area contributed by atoms with E-state index in [0.717, 1.165) is 25.7 Å². The number of aliphatic carboxylic acids is 1. The second-order valence-electron chi connectivity index (χ2n) is 10.5. The molecule has 34 heavy (non-hydrogen) atoms. The highest BCUT2D eigenvalue weighted by atomic mass is 16.4. The minimum Gasteiger partial charge on any atom is -0.550 e. The first-order valence-corrected chi connectivity index (χ1v) is 15.7. The van der Waals surface area contributed by atoms with Gasteiger partial charge in [0, 0.05) is 5.97 Å². The van der Waals surface area contributed by atoms with Crippen molar-refractivity contribution in [3.05, 3.63) is 0 Å². The Morgan fingerprint density at radius 3 is 1.00 bits per heavy atom. The summed E-state index contributed by atoms with van der Waals surface area (Å²) >= 11 is 0. The first-order valence-electron chi connectivity index (χ1n) is 15.7. The van der Waals surface area contributed by atoms with Crippen molar-refractivity contribution in [1.82, 2.24) is 0 Å². The molecule has 0 aliphatic rings. The van der Waals surface area contributed by atoms with Crippen LogP contribution in [0.3, 0.4) is 0 Å². The van der Waals surface area contributed by atoms with E-state index in [-0.39, 0.29) is 6.42 Å². The van der Waals surface area contributed by atoms with Gasteiger partial charge in [-0.2, -0.15) is 0 Å². The van der Waals surface area contributed by atoms with Gasteiger partial charge in [0.2, 0.25) is 0 Å². The van der Waals surface area contributed by atoms with Crippen LogP contribution in [-0.2, 0) is 4.79 Å². The second-order valence-corrected chi connectivity index (χ2v) is 10.5. The molecule has 3 nitrogen and oxygen atoms in total. The largest absolute Gasteiger partial charge is 0.550 e. The highest BCUT2D eigenvalue weighted by molar-refractivity contribution is 5.63. The molecular weight excluding hydrogens is 418 g/mol. The molecule has 0 saturated carbocycles. The lowest BCUT2D eigenvalue weighted by atomic mass is 10.1. The molecule has 0 bridgehead atoms. The quantitative estimate of drug-likeness (QED) is 0.128. The fourth-order valence-corrected chi connectivity index (χ4v) is 4.54. The van der Waals surface area contributed by atoms with Crippen LogP contribution in [0.5, 0.6) is 0 Å². The third-order valence-electron chi connectivity index (χ3n) is 6.89. The van der Waals surface area contributed by atoms with Crippen LogP contribution in [0.4, 0.5) is 0 Å². The number of carbonyl (C=O) groups is 1. The number of unbranched alkanes of at least 4 members (excludes halogenated alkanes) is 18. The van der Waals surface area contributed by atoms with Crippen LogP contribution in [0, 0.1) is 0 Å². The smallest absolute Gasteiger partial charge is 0.0770 e. The van der Waals surface area contributed by atoms with Crippen LogP contribution in [0.2, 0.25) is 0 Å². The van der Waals surface area contributed by atoms with Crippen LogP contribution in [0.15, 0.2) is 0 Å². The van der Waals surface area contributed by atoms with E-state index in [1.54, 1.807) is 0 Å². The van der Waals surface area contributed by atoms with Crippen molar-refractivity contribution in [3.8, 4) is 0 Å². The maximum absolute atomic E-state index is 9.85. The zero-order valence-corrected chi connectivity index (χ0v) is 24.2. The van der Waals surface area contributed by atoms with Crippen molar-refractivity contribution in [2.45, 2.75) is 175 Å². The van der Waals surface area contributed by atoms with Gasteiger partial charge in [0.05, 0.1) is 19.6 Å². The molecule has 0 aromatic heterocycles. The molecule has 0 aliphatic heterocycles. The number of carbonyl (C=O) groups excluding carboxylic acids is 1. The van der Waals surface area contributed by atoms with Crippen molar-refractivity contribution < 1.29 is 14.8 Å². The number of hydrogen-bond acceptors (Lipinski definition) is 2. The molecule has 0 saturated heterocycles. The van der Waals surface area contributed by atoms with Crippen LogP contribution in [0.1, 0.15) is 175 Å². The Hall–Kier alpha value is -0.570. The fourth-order valence-electron chi connectivity index (χ4n) is 4.54. The third kappa shape index (κ3) is 33.6. The van der Waals surface area contributed by atoms with Gasteiger partial charge in [0.1, 0.15) is 0 Å². The van der Waals surface area contributed by atoms with E-state index in [1.165, 1.54) is 135 Å². The van der Waals surface area contributed by atoms with Gasteiger partial charge in [-0.1, -0.05) is 124 Å². The summed E-state index contributed by atoms with van der Waals surface area (Å²) in [7, 11) is 0. The summed E-state index contributed by atoms with van der Waals surface area (Å²) in [5, 5.41) is 9.85. The van der Waals surface area contributed by atoms with E-state index in [9.17, 15) is 9.90 Å². The zero-order valence-electron chi connectivity index (χ0n) is 24.2. The van der Waals surface area contributed by atoms with E-state index >= 15 is 0 Å². The molecule has 3 heteroatoms. The molecule has 0 aromatic rings. The maximum atomic E-state index is 9.85. The first-order chi connectivity index (χ1) is 16.6. The molecule has 0 rings (SSSR count). The molecule has 0 amide bonds. The van der Waals surface area contributed by atoms with E-state index in [4.69, 9.17) is 0 Å². The zero-order chi connectivity index (χ0) is 25.5. The number of rotatable bonds is 26. The van der Waals surface area contributed by atoms with Crippen LogP contribution in [-0.4, -0.2) is 25.6 Å². The number of nitrogens with one attached hydrogen (secondary N) is 1. The number of carboxylic acid groups (broad SMARTS) is 1. The normalized spacial score (nSPS) is 11.0. The average Bonchev–Trinajstić information content (AvgIpc) is 2.83. The lowest BCUT2D eigenvalue weighted by Crippen LogP contribution is -3.12. The van der Waals surface area contributed by atoms with Crippen molar-refractivity contribution in [2.24, 2.45) is 0 Å². The molecule has 1 N–H and O–H groups in total. The topological polar surface area (TPSA) is 44.6 Å². The van der Waals surface area contributed by atoms with Crippen LogP contribution < -0.4 is 10.0 Å². The number of quaternary nitrogens is 1. The van der Waals surface area contributed by atoms with E-state index in [1.807, 2.05) is 4.90 Å². The Kier molecular flexibility index (Phi) is 33.9. The van der Waals surface area contributed by atoms with E-state index in [0.29, 0.717) is 0 Å². The predicted octanol–water partition coefficient (Wildman–Crippen LogP) is 7.66. The molecule has 0 heterocycles. The molecule has 0 fully saturated rings. The predicted molar refractivity (Wildman–Crippen MR) is 149 cm³/mol. The Bertz CT molecular complexity index is 334. The third-order valence-corrected chi connectivity index (χ3v) is 6.89. The van der Waals surface area contributed by atoms with E-state index < -0.39 is 5.97 Å². The highest BCUT2D eigenvalue weighted by Crippen LogP contribution is 2.06. The number of carboxylic acids is 1. The molecule has 0 unspecified atom stereocenters. The van der Waals surface area contributed by atoms with Crippen LogP contribution in [0.25, 0.3) is 0 Å². The van der Waals surface area contributed by atoms with Gasteiger partial charge in [0.25, 0.3) is 0 Å². The van der Waals surface area contributed by atoms with Crippen LogP contribution >= 0.6 is 0 Å². The Labute approximate surface area is 215 Å². The van der Waals surface area contributed by atoms with Gasteiger partial charge >= 0.3 is 0 Å². The van der Waals surface area contributed by atoms with Gasteiger partial charge in [0.15, 0.2) is 0 Å². The summed E-state index contributed by atoms with van der Waals surface area (Å²) < 4.78 is 0. The summed E-state index contributed by atoms with van der Waals surface area (Å²) in [6.45, 7) is 13.4. The molecule has 0 atom stereocenters. The lowest BCUT2D eigenvalue weighted by molar-refractivity contribution is -0.900. The van der Waals surface area contributed by atoms with E-state index in [2.05, 4.69) is 27.7 Å². The van der Waals surface area contributed by atoms with Crippen molar-refractivity contribution >= 4 is 5.97 Å². The maximum Gasteiger partial charge on any atom is 0.0770 e.